The van der Waals surface area contributed by atoms with Crippen molar-refractivity contribution in [2.75, 3.05) is 6.61 Å². The van der Waals surface area contributed by atoms with Crippen LogP contribution in [0.15, 0.2) is 17.2 Å². The van der Waals surface area contributed by atoms with Crippen molar-refractivity contribution in [3.05, 3.63) is 27.8 Å². The number of carbonyl (C=O) groups is 2. The molecule has 0 radical (unpaired) electrons. The third-order valence-electron chi connectivity index (χ3n) is 3.07. The maximum atomic E-state index is 11.5. The number of rotatable bonds is 6. The Balaban J connectivity index is 2.08. The van der Waals surface area contributed by atoms with Crippen LogP contribution in [0.4, 0.5) is 5.69 Å². The van der Waals surface area contributed by atoms with Gasteiger partial charge in [0.1, 0.15) is 0 Å². The molecule has 1 aliphatic carbocycles. The highest BCUT2D eigenvalue weighted by Crippen LogP contribution is 2.36. The lowest BCUT2D eigenvalue weighted by Crippen LogP contribution is -2.38. The molecule has 0 heterocycles. The Kier molecular flexibility index (Phi) is 5.30. The van der Waals surface area contributed by atoms with Crippen LogP contribution in [0.2, 0.25) is 0 Å². The SMILES string of the molecule is CCOc1cc(/C=N\NC(=O)C(=O)NC2CC2)cc([N+](=O)[O-])c1O. The average Bonchev–Trinajstić information content (AvgIpc) is 3.33. The molecule has 1 fully saturated rings. The number of ether oxygens (including phenoxy) is 1. The quantitative estimate of drug-likeness (QED) is 0.297. The summed E-state index contributed by atoms with van der Waals surface area (Å²) >= 11 is 0. The number of hydrogen-bond acceptors (Lipinski definition) is 7. The standard InChI is InChI=1S/C14H16N4O6/c1-2-24-11-6-8(5-10(12(11)19)18(22)23)7-15-17-14(21)13(20)16-9-3-4-9/h5-7,9,19H,2-4H2,1H3,(H,16,20)(H,17,21)/b15-7-. The second-order valence-corrected chi connectivity index (χ2v) is 5.02. The molecular weight excluding hydrogens is 320 g/mol. The van der Waals surface area contributed by atoms with Crippen molar-refractivity contribution in [2.24, 2.45) is 5.10 Å². The molecule has 0 bridgehead atoms. The summed E-state index contributed by atoms with van der Waals surface area (Å²) in [5.74, 6) is -2.39. The lowest BCUT2D eigenvalue weighted by molar-refractivity contribution is -0.386. The van der Waals surface area contributed by atoms with Crippen LogP contribution in [-0.2, 0) is 9.59 Å². The van der Waals surface area contributed by atoms with E-state index in [1.54, 1.807) is 6.92 Å². The van der Waals surface area contributed by atoms with Crippen LogP contribution < -0.4 is 15.5 Å². The number of nitrogens with one attached hydrogen (secondary N) is 2. The minimum absolute atomic E-state index is 0.0423. The molecule has 0 unspecified atom stereocenters. The number of phenolic OH excluding ortho intramolecular Hbond substituents is 1. The number of nitro groups is 1. The van der Waals surface area contributed by atoms with Crippen molar-refractivity contribution < 1.29 is 24.4 Å². The first-order valence-corrected chi connectivity index (χ1v) is 7.20. The molecule has 2 amide bonds. The predicted octanol–water partition coefficient (Wildman–Crippen LogP) is 0.428. The van der Waals surface area contributed by atoms with Crippen molar-refractivity contribution in [1.82, 2.24) is 10.7 Å². The van der Waals surface area contributed by atoms with Crippen molar-refractivity contribution in [3.8, 4) is 11.5 Å². The molecule has 1 saturated carbocycles. The first-order valence-electron chi connectivity index (χ1n) is 7.20. The van der Waals surface area contributed by atoms with Gasteiger partial charge in [0.05, 0.1) is 17.7 Å². The lowest BCUT2D eigenvalue weighted by Gasteiger charge is -2.07. The highest BCUT2D eigenvalue weighted by Gasteiger charge is 2.26. The van der Waals surface area contributed by atoms with Crippen molar-refractivity contribution in [2.45, 2.75) is 25.8 Å². The Morgan fingerprint density at radius 3 is 2.75 bits per heavy atom. The van der Waals surface area contributed by atoms with Gasteiger partial charge in [0.25, 0.3) is 0 Å². The van der Waals surface area contributed by atoms with Crippen LogP contribution in [0, 0.1) is 10.1 Å². The van der Waals surface area contributed by atoms with E-state index < -0.39 is 28.2 Å². The number of phenols is 1. The summed E-state index contributed by atoms with van der Waals surface area (Å²) in [6.07, 6.45) is 2.80. The van der Waals surface area contributed by atoms with Crippen LogP contribution in [-0.4, -0.2) is 40.7 Å². The van der Waals surface area contributed by atoms with Gasteiger partial charge >= 0.3 is 17.5 Å². The summed E-state index contributed by atoms with van der Waals surface area (Å²) in [5.41, 5.74) is 1.68. The Bertz CT molecular complexity index is 699. The Morgan fingerprint density at radius 1 is 1.46 bits per heavy atom. The van der Waals surface area contributed by atoms with Crippen LogP contribution in [0.5, 0.6) is 11.5 Å². The zero-order valence-corrected chi connectivity index (χ0v) is 12.8. The highest BCUT2D eigenvalue weighted by molar-refractivity contribution is 6.35. The molecule has 10 nitrogen and oxygen atoms in total. The summed E-state index contributed by atoms with van der Waals surface area (Å²) in [6.45, 7) is 1.86. The fourth-order valence-electron chi connectivity index (χ4n) is 1.79. The topological polar surface area (TPSA) is 143 Å². The summed E-state index contributed by atoms with van der Waals surface area (Å²) < 4.78 is 5.12. The predicted molar refractivity (Wildman–Crippen MR) is 82.8 cm³/mol. The minimum atomic E-state index is -0.934. The van der Waals surface area contributed by atoms with E-state index in [1.807, 2.05) is 5.43 Å². The molecule has 0 aromatic heterocycles. The van der Waals surface area contributed by atoms with E-state index in [0.717, 1.165) is 25.1 Å². The van der Waals surface area contributed by atoms with Gasteiger partial charge in [0.15, 0.2) is 5.75 Å². The average molecular weight is 336 g/mol. The normalized spacial score (nSPS) is 13.5. The highest BCUT2D eigenvalue weighted by atomic mass is 16.6. The maximum Gasteiger partial charge on any atom is 0.329 e. The van der Waals surface area contributed by atoms with E-state index in [1.165, 1.54) is 6.07 Å². The Labute approximate surface area is 136 Å². The molecule has 0 spiro atoms. The summed E-state index contributed by atoms with van der Waals surface area (Å²) in [5, 5.41) is 26.8. The minimum Gasteiger partial charge on any atom is -0.500 e. The molecule has 0 atom stereocenters. The molecule has 3 N–H and O–H groups in total. The van der Waals surface area contributed by atoms with Crippen LogP contribution in [0.1, 0.15) is 25.3 Å². The van der Waals surface area contributed by atoms with Crippen molar-refractivity contribution in [1.29, 1.82) is 0 Å². The number of amides is 2. The number of carbonyl (C=O) groups excluding carboxylic acids is 2. The van der Waals surface area contributed by atoms with Crippen molar-refractivity contribution >= 4 is 23.7 Å². The molecule has 2 rings (SSSR count). The van der Waals surface area contributed by atoms with E-state index in [2.05, 4.69) is 10.4 Å². The molecule has 1 aliphatic rings. The van der Waals surface area contributed by atoms with Crippen molar-refractivity contribution in [3.63, 3.8) is 0 Å². The molecular formula is C14H16N4O6. The zero-order valence-electron chi connectivity index (χ0n) is 12.8. The van der Waals surface area contributed by atoms with Gasteiger partial charge in [0.2, 0.25) is 5.75 Å². The summed E-state index contributed by atoms with van der Waals surface area (Å²) in [6, 6.07) is 2.43. The van der Waals surface area contributed by atoms with Gasteiger partial charge < -0.3 is 15.2 Å². The van der Waals surface area contributed by atoms with E-state index in [9.17, 15) is 24.8 Å². The van der Waals surface area contributed by atoms with Gasteiger partial charge in [0, 0.05) is 17.7 Å². The van der Waals surface area contributed by atoms with Gasteiger partial charge in [-0.15, -0.1) is 0 Å². The molecule has 128 valence electrons. The summed E-state index contributed by atoms with van der Waals surface area (Å²) in [7, 11) is 0. The van der Waals surface area contributed by atoms with E-state index >= 15 is 0 Å². The van der Waals surface area contributed by atoms with Gasteiger partial charge in [-0.2, -0.15) is 5.10 Å². The first kappa shape index (κ1) is 17.2. The molecule has 0 saturated heterocycles. The number of hydrogen-bond donors (Lipinski definition) is 3. The monoisotopic (exact) mass is 336 g/mol. The molecule has 10 heteroatoms. The number of hydrazone groups is 1. The van der Waals surface area contributed by atoms with Gasteiger partial charge in [-0.05, 0) is 25.8 Å². The van der Waals surface area contributed by atoms with E-state index in [4.69, 9.17) is 4.74 Å². The largest absolute Gasteiger partial charge is 0.500 e. The van der Waals surface area contributed by atoms with Crippen LogP contribution >= 0.6 is 0 Å². The zero-order chi connectivity index (χ0) is 17.7. The maximum absolute atomic E-state index is 11.5. The van der Waals surface area contributed by atoms with E-state index in [0.29, 0.717) is 0 Å². The summed E-state index contributed by atoms with van der Waals surface area (Å²) in [4.78, 5) is 33.1. The molecule has 1 aromatic carbocycles. The van der Waals surface area contributed by atoms with Crippen LogP contribution in [0.3, 0.4) is 0 Å². The fraction of sp³-hybridized carbons (Fsp3) is 0.357. The fourth-order valence-corrected chi connectivity index (χ4v) is 1.79. The second kappa shape index (κ2) is 7.40. The molecule has 0 aliphatic heterocycles. The van der Waals surface area contributed by atoms with Gasteiger partial charge in [-0.25, -0.2) is 5.43 Å². The molecule has 1 aromatic rings. The third kappa shape index (κ3) is 4.41. The third-order valence-corrected chi connectivity index (χ3v) is 3.07. The van der Waals surface area contributed by atoms with Crippen LogP contribution in [0.25, 0.3) is 0 Å². The number of nitro benzene ring substituents is 1. The number of aromatic hydroxyl groups is 1. The van der Waals surface area contributed by atoms with Gasteiger partial charge in [-0.3, -0.25) is 19.7 Å². The van der Waals surface area contributed by atoms with E-state index in [-0.39, 0.29) is 24.0 Å². The number of nitrogens with zero attached hydrogens (tertiary/aromatic N) is 2. The molecule has 24 heavy (non-hydrogen) atoms. The Hall–Kier alpha value is -3.17. The Morgan fingerprint density at radius 2 is 2.17 bits per heavy atom. The smallest absolute Gasteiger partial charge is 0.329 e. The first-order chi connectivity index (χ1) is 11.4. The second-order valence-electron chi connectivity index (χ2n) is 5.02. The number of benzene rings is 1. The van der Waals surface area contributed by atoms with Gasteiger partial charge in [-0.1, -0.05) is 0 Å². The lowest BCUT2D eigenvalue weighted by atomic mass is 10.2.